The van der Waals surface area contributed by atoms with Crippen molar-refractivity contribution in [2.75, 3.05) is 5.75 Å². The van der Waals surface area contributed by atoms with Gasteiger partial charge in [0.1, 0.15) is 5.82 Å². The standard InChI is InChI=1S/C12H14N2S/c1-9-4-5-10-7-13-12(14(10)8-9)11-3-2-6-15-11/h4-5,7-8,11H,2-3,6H2,1H3. The molecular formula is C12H14N2S. The van der Waals surface area contributed by atoms with Gasteiger partial charge in [-0.3, -0.25) is 0 Å². The van der Waals surface area contributed by atoms with E-state index in [0.29, 0.717) is 5.25 Å². The third-order valence-electron chi connectivity index (χ3n) is 2.92. The highest BCUT2D eigenvalue weighted by Crippen LogP contribution is 2.39. The van der Waals surface area contributed by atoms with Crippen molar-refractivity contribution in [1.29, 1.82) is 0 Å². The molecule has 0 saturated carbocycles. The molecule has 3 heteroatoms. The fourth-order valence-corrected chi connectivity index (χ4v) is 3.41. The van der Waals surface area contributed by atoms with Crippen LogP contribution in [0, 0.1) is 6.92 Å². The lowest BCUT2D eigenvalue weighted by Gasteiger charge is -2.07. The van der Waals surface area contributed by atoms with E-state index in [9.17, 15) is 0 Å². The van der Waals surface area contributed by atoms with Gasteiger partial charge >= 0.3 is 0 Å². The lowest BCUT2D eigenvalue weighted by atomic mass is 10.2. The van der Waals surface area contributed by atoms with E-state index in [4.69, 9.17) is 0 Å². The van der Waals surface area contributed by atoms with Crippen molar-refractivity contribution in [3.8, 4) is 0 Å². The molecule has 0 amide bonds. The Morgan fingerprint density at radius 1 is 1.47 bits per heavy atom. The maximum Gasteiger partial charge on any atom is 0.126 e. The lowest BCUT2D eigenvalue weighted by Crippen LogP contribution is -1.97. The van der Waals surface area contributed by atoms with Crippen LogP contribution in [0.1, 0.15) is 29.5 Å². The Hall–Kier alpha value is -0.960. The molecule has 2 aromatic rings. The van der Waals surface area contributed by atoms with Gasteiger partial charge in [-0.25, -0.2) is 4.98 Å². The molecule has 0 N–H and O–H groups in total. The SMILES string of the molecule is Cc1ccc2cnc(C3CCCS3)n2c1. The molecule has 2 nitrogen and oxygen atoms in total. The maximum atomic E-state index is 4.56. The van der Waals surface area contributed by atoms with Gasteiger partial charge in [0, 0.05) is 6.20 Å². The Bertz CT molecular complexity index is 483. The van der Waals surface area contributed by atoms with Crippen LogP contribution in [0.3, 0.4) is 0 Å². The summed E-state index contributed by atoms with van der Waals surface area (Å²) in [6.45, 7) is 2.13. The Balaban J connectivity index is 2.13. The number of pyridine rings is 1. The van der Waals surface area contributed by atoms with Gasteiger partial charge in [-0.15, -0.1) is 0 Å². The first-order valence-electron chi connectivity index (χ1n) is 5.40. The van der Waals surface area contributed by atoms with Gasteiger partial charge in [-0.2, -0.15) is 11.8 Å². The largest absolute Gasteiger partial charge is 0.303 e. The molecule has 0 aliphatic carbocycles. The topological polar surface area (TPSA) is 17.3 Å². The molecule has 0 radical (unpaired) electrons. The molecule has 15 heavy (non-hydrogen) atoms. The van der Waals surface area contributed by atoms with Crippen LogP contribution in [0.4, 0.5) is 0 Å². The molecule has 0 bridgehead atoms. The molecule has 3 rings (SSSR count). The van der Waals surface area contributed by atoms with Crippen LogP contribution in [-0.4, -0.2) is 15.1 Å². The van der Waals surface area contributed by atoms with E-state index in [-0.39, 0.29) is 0 Å². The van der Waals surface area contributed by atoms with E-state index >= 15 is 0 Å². The molecular weight excluding hydrogens is 204 g/mol. The molecule has 2 aromatic heterocycles. The van der Waals surface area contributed by atoms with E-state index in [1.807, 2.05) is 18.0 Å². The van der Waals surface area contributed by atoms with Crippen molar-refractivity contribution in [1.82, 2.24) is 9.38 Å². The van der Waals surface area contributed by atoms with Crippen molar-refractivity contribution in [3.63, 3.8) is 0 Å². The number of hydrogen-bond donors (Lipinski definition) is 0. The summed E-state index contributed by atoms with van der Waals surface area (Å²) in [6.07, 6.45) is 6.78. The number of nitrogens with zero attached hydrogens (tertiary/aromatic N) is 2. The molecule has 1 atom stereocenters. The Morgan fingerprint density at radius 3 is 3.20 bits per heavy atom. The fourth-order valence-electron chi connectivity index (χ4n) is 2.14. The first kappa shape index (κ1) is 9.28. The van der Waals surface area contributed by atoms with Crippen LogP contribution in [-0.2, 0) is 0 Å². The summed E-state index contributed by atoms with van der Waals surface area (Å²) in [5.74, 6) is 2.52. The van der Waals surface area contributed by atoms with E-state index < -0.39 is 0 Å². The zero-order chi connectivity index (χ0) is 10.3. The highest BCUT2D eigenvalue weighted by Gasteiger charge is 2.21. The number of hydrogen-bond acceptors (Lipinski definition) is 2. The number of thioether (sulfide) groups is 1. The van der Waals surface area contributed by atoms with E-state index in [1.54, 1.807) is 0 Å². The number of fused-ring (bicyclic) bond motifs is 1. The third kappa shape index (κ3) is 1.55. The van der Waals surface area contributed by atoms with Gasteiger partial charge in [-0.1, -0.05) is 6.07 Å². The fraction of sp³-hybridized carbons (Fsp3) is 0.417. The molecule has 1 aliphatic heterocycles. The highest BCUT2D eigenvalue weighted by molar-refractivity contribution is 7.99. The van der Waals surface area contributed by atoms with Crippen LogP contribution >= 0.6 is 11.8 Å². The Kier molecular flexibility index (Phi) is 2.20. The van der Waals surface area contributed by atoms with Crippen LogP contribution < -0.4 is 0 Å². The summed E-state index contributed by atoms with van der Waals surface area (Å²) >= 11 is 2.04. The summed E-state index contributed by atoms with van der Waals surface area (Å²) in [7, 11) is 0. The minimum atomic E-state index is 0.606. The molecule has 1 unspecified atom stereocenters. The zero-order valence-corrected chi connectivity index (χ0v) is 9.63. The number of rotatable bonds is 1. The average molecular weight is 218 g/mol. The second kappa shape index (κ2) is 3.56. The quantitative estimate of drug-likeness (QED) is 0.731. The van der Waals surface area contributed by atoms with Crippen molar-refractivity contribution < 1.29 is 0 Å². The van der Waals surface area contributed by atoms with Gasteiger partial charge in [0.15, 0.2) is 0 Å². The first-order chi connectivity index (χ1) is 7.34. The monoisotopic (exact) mass is 218 g/mol. The summed E-state index contributed by atoms with van der Waals surface area (Å²) in [6, 6.07) is 4.29. The van der Waals surface area contributed by atoms with E-state index in [2.05, 4.69) is 34.6 Å². The molecule has 1 saturated heterocycles. The molecule has 1 fully saturated rings. The second-order valence-corrected chi connectivity index (χ2v) is 5.43. The minimum absolute atomic E-state index is 0.606. The smallest absolute Gasteiger partial charge is 0.126 e. The van der Waals surface area contributed by atoms with Gasteiger partial charge in [0.05, 0.1) is 17.0 Å². The predicted octanol–water partition coefficient (Wildman–Crippen LogP) is 3.21. The summed E-state index contributed by atoms with van der Waals surface area (Å²) < 4.78 is 2.25. The summed E-state index contributed by atoms with van der Waals surface area (Å²) in [5, 5.41) is 0.606. The number of imidazole rings is 1. The Morgan fingerprint density at radius 2 is 2.40 bits per heavy atom. The number of aryl methyl sites for hydroxylation is 1. The van der Waals surface area contributed by atoms with Crippen LogP contribution in [0.5, 0.6) is 0 Å². The summed E-state index contributed by atoms with van der Waals surface area (Å²) in [4.78, 5) is 4.56. The lowest BCUT2D eigenvalue weighted by molar-refractivity contribution is 0.773. The van der Waals surface area contributed by atoms with Gasteiger partial charge in [-0.05, 0) is 37.1 Å². The van der Waals surface area contributed by atoms with Crippen LogP contribution in [0.25, 0.3) is 5.52 Å². The number of aromatic nitrogens is 2. The molecule has 3 heterocycles. The van der Waals surface area contributed by atoms with Crippen molar-refractivity contribution >= 4 is 17.3 Å². The first-order valence-corrected chi connectivity index (χ1v) is 6.45. The van der Waals surface area contributed by atoms with Crippen molar-refractivity contribution in [3.05, 3.63) is 35.9 Å². The van der Waals surface area contributed by atoms with E-state index in [0.717, 1.165) is 0 Å². The summed E-state index contributed by atoms with van der Waals surface area (Å²) in [5.41, 5.74) is 2.51. The van der Waals surface area contributed by atoms with E-state index in [1.165, 1.54) is 35.5 Å². The maximum absolute atomic E-state index is 4.56. The zero-order valence-electron chi connectivity index (χ0n) is 8.81. The van der Waals surface area contributed by atoms with Crippen LogP contribution in [0.15, 0.2) is 24.5 Å². The molecule has 0 spiro atoms. The van der Waals surface area contributed by atoms with Gasteiger partial charge in [0.2, 0.25) is 0 Å². The van der Waals surface area contributed by atoms with Crippen molar-refractivity contribution in [2.45, 2.75) is 25.0 Å². The Labute approximate surface area is 93.7 Å². The van der Waals surface area contributed by atoms with Crippen molar-refractivity contribution in [2.24, 2.45) is 0 Å². The average Bonchev–Trinajstić information content (AvgIpc) is 2.83. The van der Waals surface area contributed by atoms with Gasteiger partial charge < -0.3 is 4.40 Å². The highest BCUT2D eigenvalue weighted by atomic mass is 32.2. The minimum Gasteiger partial charge on any atom is -0.303 e. The third-order valence-corrected chi connectivity index (χ3v) is 4.29. The second-order valence-electron chi connectivity index (χ2n) is 4.12. The molecule has 1 aliphatic rings. The van der Waals surface area contributed by atoms with Crippen LogP contribution in [0.2, 0.25) is 0 Å². The predicted molar refractivity (Wildman–Crippen MR) is 64.4 cm³/mol. The van der Waals surface area contributed by atoms with Gasteiger partial charge in [0.25, 0.3) is 0 Å². The molecule has 0 aromatic carbocycles. The normalized spacial score (nSPS) is 21.3. The molecule has 78 valence electrons.